The zero-order valence-corrected chi connectivity index (χ0v) is 7.22. The molecule has 0 saturated carbocycles. The van der Waals surface area contributed by atoms with E-state index in [1.165, 1.54) is 5.19 Å². The number of rotatable bonds is 0. The minimum atomic E-state index is -1.37. The van der Waals surface area contributed by atoms with Gasteiger partial charge in [-0.3, -0.25) is 0 Å². The third-order valence-corrected chi connectivity index (χ3v) is 4.34. The Hall–Kier alpha value is -0.763. The monoisotopic (exact) mass is 150 g/mol. The summed E-state index contributed by atoms with van der Waals surface area (Å²) in [5.41, 5.74) is 0. The lowest BCUT2D eigenvalue weighted by atomic mass is 10.3. The highest BCUT2D eigenvalue weighted by Gasteiger charge is 2.38. The van der Waals surface area contributed by atoms with Crippen LogP contribution in [0, 0.1) is 0 Å². The van der Waals surface area contributed by atoms with Crippen LogP contribution in [0.1, 0.15) is 0 Å². The maximum Gasteiger partial charge on any atom is 0.280 e. The largest absolute Gasteiger partial charge is 0.539 e. The van der Waals surface area contributed by atoms with Gasteiger partial charge in [0.25, 0.3) is 8.32 Å². The van der Waals surface area contributed by atoms with Gasteiger partial charge in [-0.25, -0.2) is 0 Å². The lowest BCUT2D eigenvalue weighted by Gasteiger charge is -2.36. The molecule has 10 heavy (non-hydrogen) atoms. The van der Waals surface area contributed by atoms with E-state index in [1.807, 2.05) is 12.1 Å². The fraction of sp³-hybridized carbons (Fsp3) is 0.250. The number of hydrogen-bond donors (Lipinski definition) is 0. The first-order chi connectivity index (χ1) is 4.70. The van der Waals surface area contributed by atoms with Crippen molar-refractivity contribution in [1.82, 2.24) is 0 Å². The predicted octanol–water partition coefficient (Wildman–Crippen LogP) is 1.49. The SMILES string of the molecule is C[Si]1(C)Oc2ccccc21. The first kappa shape index (κ1) is 5.98. The molecule has 0 amide bonds. The molecule has 2 rings (SSSR count). The summed E-state index contributed by atoms with van der Waals surface area (Å²) in [5, 5.41) is 1.45. The molecule has 1 aromatic carbocycles. The standard InChI is InChI=1S/C8H10OSi/c1-10(2)8-6-4-3-5-7(8)9-10/h3-6H,1-2H3. The topological polar surface area (TPSA) is 9.23 Å². The van der Waals surface area contributed by atoms with Crippen molar-refractivity contribution in [3.05, 3.63) is 24.3 Å². The first-order valence-electron chi connectivity index (χ1n) is 3.49. The van der Waals surface area contributed by atoms with Crippen LogP contribution in [-0.4, -0.2) is 8.32 Å². The Morgan fingerprint density at radius 3 is 2.40 bits per heavy atom. The summed E-state index contributed by atoms with van der Waals surface area (Å²) < 4.78 is 5.61. The van der Waals surface area contributed by atoms with Gasteiger partial charge in [0.15, 0.2) is 0 Å². The van der Waals surface area contributed by atoms with Crippen LogP contribution in [0.4, 0.5) is 0 Å². The number of benzene rings is 1. The summed E-state index contributed by atoms with van der Waals surface area (Å²) in [5.74, 6) is 1.10. The van der Waals surface area contributed by atoms with Crippen molar-refractivity contribution in [1.29, 1.82) is 0 Å². The van der Waals surface area contributed by atoms with Gasteiger partial charge in [-0.2, -0.15) is 0 Å². The van der Waals surface area contributed by atoms with Gasteiger partial charge in [0, 0.05) is 5.19 Å². The average molecular weight is 150 g/mol. The second-order valence-electron chi connectivity index (χ2n) is 3.11. The first-order valence-corrected chi connectivity index (χ1v) is 6.39. The van der Waals surface area contributed by atoms with Crippen molar-refractivity contribution in [3.8, 4) is 5.75 Å². The number of para-hydroxylation sites is 1. The molecule has 1 nitrogen and oxygen atoms in total. The van der Waals surface area contributed by atoms with E-state index in [1.54, 1.807) is 0 Å². The van der Waals surface area contributed by atoms with Gasteiger partial charge < -0.3 is 4.43 Å². The molecule has 0 unspecified atom stereocenters. The van der Waals surface area contributed by atoms with E-state index in [4.69, 9.17) is 4.43 Å². The highest BCUT2D eigenvalue weighted by Crippen LogP contribution is 2.25. The maximum atomic E-state index is 5.61. The molecule has 0 saturated heterocycles. The zero-order valence-electron chi connectivity index (χ0n) is 6.22. The molecule has 0 bridgehead atoms. The zero-order chi connectivity index (χ0) is 7.19. The molecule has 1 heterocycles. The van der Waals surface area contributed by atoms with Crippen molar-refractivity contribution in [2.75, 3.05) is 0 Å². The molecule has 0 atom stereocenters. The van der Waals surface area contributed by atoms with Gasteiger partial charge in [0.2, 0.25) is 0 Å². The Morgan fingerprint density at radius 1 is 1.20 bits per heavy atom. The van der Waals surface area contributed by atoms with E-state index in [9.17, 15) is 0 Å². The van der Waals surface area contributed by atoms with Gasteiger partial charge in [-0.05, 0) is 19.2 Å². The van der Waals surface area contributed by atoms with Crippen LogP contribution in [0.5, 0.6) is 5.75 Å². The molecule has 52 valence electrons. The van der Waals surface area contributed by atoms with E-state index in [-0.39, 0.29) is 0 Å². The summed E-state index contributed by atoms with van der Waals surface area (Å²) >= 11 is 0. The summed E-state index contributed by atoms with van der Waals surface area (Å²) in [7, 11) is -1.37. The van der Waals surface area contributed by atoms with Crippen molar-refractivity contribution >= 4 is 13.5 Å². The molecule has 0 aliphatic carbocycles. The minimum absolute atomic E-state index is 1.10. The van der Waals surface area contributed by atoms with Crippen LogP contribution in [0.25, 0.3) is 0 Å². The fourth-order valence-corrected chi connectivity index (χ4v) is 3.26. The summed E-state index contributed by atoms with van der Waals surface area (Å²) in [6, 6.07) is 8.30. The average Bonchev–Trinajstić information content (AvgIpc) is 1.86. The molecule has 1 aliphatic heterocycles. The number of fused-ring (bicyclic) bond motifs is 1. The summed E-state index contributed by atoms with van der Waals surface area (Å²) in [6.07, 6.45) is 0. The maximum absolute atomic E-state index is 5.61. The number of hydrogen-bond acceptors (Lipinski definition) is 1. The van der Waals surface area contributed by atoms with Crippen LogP contribution in [0.2, 0.25) is 13.1 Å². The van der Waals surface area contributed by atoms with Crippen molar-refractivity contribution in [2.24, 2.45) is 0 Å². The quantitative estimate of drug-likeness (QED) is 0.509. The molecule has 0 radical (unpaired) electrons. The van der Waals surface area contributed by atoms with E-state index in [0.29, 0.717) is 0 Å². The van der Waals surface area contributed by atoms with Crippen molar-refractivity contribution < 1.29 is 4.43 Å². The fourth-order valence-electron chi connectivity index (χ4n) is 1.34. The third kappa shape index (κ3) is 0.624. The van der Waals surface area contributed by atoms with Crippen LogP contribution in [-0.2, 0) is 0 Å². The second-order valence-corrected chi connectivity index (χ2v) is 6.87. The van der Waals surface area contributed by atoms with E-state index >= 15 is 0 Å². The van der Waals surface area contributed by atoms with Crippen molar-refractivity contribution in [2.45, 2.75) is 13.1 Å². The Kier molecular flexibility index (Phi) is 0.979. The van der Waals surface area contributed by atoms with Gasteiger partial charge in [-0.15, -0.1) is 0 Å². The highest BCUT2D eigenvalue weighted by molar-refractivity contribution is 6.89. The predicted molar refractivity (Wildman–Crippen MR) is 44.2 cm³/mol. The van der Waals surface area contributed by atoms with E-state index in [2.05, 4.69) is 25.2 Å². The Balaban J connectivity index is 2.53. The molecule has 2 heteroatoms. The molecule has 0 aromatic heterocycles. The lowest BCUT2D eigenvalue weighted by molar-refractivity contribution is 0.533. The summed E-state index contributed by atoms with van der Waals surface area (Å²) in [4.78, 5) is 0. The summed E-state index contributed by atoms with van der Waals surface area (Å²) in [6.45, 7) is 4.44. The second kappa shape index (κ2) is 1.64. The van der Waals surface area contributed by atoms with Crippen LogP contribution in [0.3, 0.4) is 0 Å². The lowest BCUT2D eigenvalue weighted by Crippen LogP contribution is -2.57. The minimum Gasteiger partial charge on any atom is -0.539 e. The van der Waals surface area contributed by atoms with Crippen LogP contribution < -0.4 is 9.61 Å². The van der Waals surface area contributed by atoms with E-state index < -0.39 is 8.32 Å². The normalized spacial score (nSPS) is 18.6. The molecule has 1 aromatic rings. The smallest absolute Gasteiger partial charge is 0.280 e. The van der Waals surface area contributed by atoms with Crippen molar-refractivity contribution in [3.63, 3.8) is 0 Å². The van der Waals surface area contributed by atoms with Gasteiger partial charge in [0.1, 0.15) is 5.75 Å². The Bertz CT molecular complexity index is 268. The van der Waals surface area contributed by atoms with E-state index in [0.717, 1.165) is 5.75 Å². The van der Waals surface area contributed by atoms with Gasteiger partial charge in [-0.1, -0.05) is 18.2 Å². The molecule has 0 spiro atoms. The molecule has 1 aliphatic rings. The molecule has 0 N–H and O–H groups in total. The molecular formula is C8H10OSi. The third-order valence-electron chi connectivity index (χ3n) is 1.90. The van der Waals surface area contributed by atoms with Gasteiger partial charge in [0.05, 0.1) is 0 Å². The molecular weight excluding hydrogens is 140 g/mol. The molecule has 0 fully saturated rings. The highest BCUT2D eigenvalue weighted by atomic mass is 28.4. The Morgan fingerprint density at radius 2 is 1.90 bits per heavy atom. The Labute approximate surface area is 61.8 Å². The van der Waals surface area contributed by atoms with Crippen LogP contribution in [0.15, 0.2) is 24.3 Å². The van der Waals surface area contributed by atoms with Gasteiger partial charge >= 0.3 is 0 Å². The van der Waals surface area contributed by atoms with Crippen LogP contribution >= 0.6 is 0 Å².